The van der Waals surface area contributed by atoms with Crippen molar-refractivity contribution in [2.45, 2.75) is 6.92 Å². The van der Waals surface area contributed by atoms with Crippen molar-refractivity contribution in [3.8, 4) is 0 Å². The maximum atomic E-state index is 11.0. The van der Waals surface area contributed by atoms with Crippen LogP contribution in [-0.2, 0) is 9.59 Å². The van der Waals surface area contributed by atoms with Crippen molar-refractivity contribution < 1.29 is 9.59 Å². The summed E-state index contributed by atoms with van der Waals surface area (Å²) in [4.78, 5) is 21.6. The highest BCUT2D eigenvalue weighted by Gasteiger charge is 2.06. The van der Waals surface area contributed by atoms with Crippen LogP contribution in [-0.4, -0.2) is 12.1 Å². The number of halogens is 2. The predicted molar refractivity (Wildman–Crippen MR) is 61.2 cm³/mol. The highest BCUT2D eigenvalue weighted by molar-refractivity contribution is 6.43. The van der Waals surface area contributed by atoms with Gasteiger partial charge in [-0.3, -0.25) is 9.59 Å². The Balaban J connectivity index is 3.23. The summed E-state index contributed by atoms with van der Waals surface area (Å²) in [5.41, 5.74) is 0.626. The second kappa shape index (κ2) is 5.10. The molecular formula is C11H8Cl2O2. The maximum absolute atomic E-state index is 11.0. The molecule has 4 heteroatoms. The Labute approximate surface area is 97.5 Å². The minimum atomic E-state index is -0.305. The molecule has 0 aliphatic rings. The molecule has 0 saturated carbocycles. The van der Waals surface area contributed by atoms with E-state index in [2.05, 4.69) is 0 Å². The summed E-state index contributed by atoms with van der Waals surface area (Å²) in [6.07, 6.45) is 1.92. The minimum absolute atomic E-state index is 0.0687. The fourth-order valence-corrected chi connectivity index (χ4v) is 1.38. The van der Waals surface area contributed by atoms with E-state index in [-0.39, 0.29) is 11.4 Å². The molecule has 0 spiro atoms. The fraction of sp³-hybridized carbons (Fsp3) is 0.0909. The molecule has 0 unspecified atom stereocenters. The molecule has 0 aliphatic carbocycles. The monoisotopic (exact) mass is 242 g/mol. The van der Waals surface area contributed by atoms with Crippen LogP contribution in [0, 0.1) is 0 Å². The van der Waals surface area contributed by atoms with Crippen LogP contribution in [0.2, 0.25) is 10.0 Å². The zero-order valence-electron chi connectivity index (χ0n) is 7.96. The third kappa shape index (κ3) is 2.91. The zero-order chi connectivity index (χ0) is 11.4. The van der Waals surface area contributed by atoms with Gasteiger partial charge in [0.15, 0.2) is 12.1 Å². The molecule has 0 saturated heterocycles. The summed E-state index contributed by atoms with van der Waals surface area (Å²) in [6.45, 7) is 1.32. The van der Waals surface area contributed by atoms with Gasteiger partial charge in [-0.05, 0) is 24.6 Å². The molecule has 1 aromatic rings. The van der Waals surface area contributed by atoms with Crippen molar-refractivity contribution in [2.75, 3.05) is 0 Å². The normalized spacial score (nSPS) is 11.3. The molecule has 1 aromatic carbocycles. The molecule has 0 aliphatic heterocycles. The number of ketones is 1. The van der Waals surface area contributed by atoms with Crippen LogP contribution in [0.3, 0.4) is 0 Å². The smallest absolute Gasteiger partial charge is 0.163 e. The Bertz CT molecular complexity index is 436. The van der Waals surface area contributed by atoms with Crippen LogP contribution in [0.4, 0.5) is 0 Å². The van der Waals surface area contributed by atoms with E-state index in [1.165, 1.54) is 13.0 Å². The number of allylic oxidation sites excluding steroid dienone is 1. The SMILES string of the molecule is CC(=O)C(C=O)=Cc1cccc(Cl)c1Cl. The summed E-state index contributed by atoms with van der Waals surface area (Å²) < 4.78 is 0. The average molecular weight is 243 g/mol. The van der Waals surface area contributed by atoms with Crippen molar-refractivity contribution in [3.63, 3.8) is 0 Å². The average Bonchev–Trinajstić information content (AvgIpc) is 2.19. The van der Waals surface area contributed by atoms with Gasteiger partial charge in [0.2, 0.25) is 0 Å². The van der Waals surface area contributed by atoms with Crippen LogP contribution in [0.15, 0.2) is 23.8 Å². The van der Waals surface area contributed by atoms with Crippen LogP contribution in [0.5, 0.6) is 0 Å². The summed E-state index contributed by atoms with van der Waals surface area (Å²) in [5.74, 6) is -0.305. The second-order valence-corrected chi connectivity index (χ2v) is 3.70. The lowest BCUT2D eigenvalue weighted by Crippen LogP contribution is -1.97. The van der Waals surface area contributed by atoms with Gasteiger partial charge < -0.3 is 0 Å². The van der Waals surface area contributed by atoms with Crippen molar-refractivity contribution >= 4 is 41.3 Å². The van der Waals surface area contributed by atoms with E-state index in [9.17, 15) is 9.59 Å². The van der Waals surface area contributed by atoms with Gasteiger partial charge in [0, 0.05) is 0 Å². The number of rotatable bonds is 3. The van der Waals surface area contributed by atoms with Gasteiger partial charge in [-0.25, -0.2) is 0 Å². The topological polar surface area (TPSA) is 34.1 Å². The van der Waals surface area contributed by atoms with E-state index in [1.54, 1.807) is 18.2 Å². The molecule has 0 aromatic heterocycles. The fourth-order valence-electron chi connectivity index (χ4n) is 1.02. The molecular weight excluding hydrogens is 235 g/mol. The van der Waals surface area contributed by atoms with E-state index in [0.29, 0.717) is 21.9 Å². The molecule has 0 radical (unpaired) electrons. The van der Waals surface area contributed by atoms with Crippen molar-refractivity contribution in [1.82, 2.24) is 0 Å². The van der Waals surface area contributed by atoms with Crippen molar-refractivity contribution in [2.24, 2.45) is 0 Å². The Morgan fingerprint density at radius 1 is 1.33 bits per heavy atom. The molecule has 1 rings (SSSR count). The van der Waals surface area contributed by atoms with Gasteiger partial charge in [0.05, 0.1) is 15.6 Å². The number of aldehydes is 1. The van der Waals surface area contributed by atoms with Crippen molar-refractivity contribution in [3.05, 3.63) is 39.4 Å². The van der Waals surface area contributed by atoms with Crippen LogP contribution in [0.1, 0.15) is 12.5 Å². The standard InChI is InChI=1S/C11H8Cl2O2/c1-7(15)9(6-14)5-8-3-2-4-10(12)11(8)13/h2-6H,1H3. The van der Waals surface area contributed by atoms with Crippen molar-refractivity contribution in [1.29, 1.82) is 0 Å². The van der Waals surface area contributed by atoms with Crippen LogP contribution in [0.25, 0.3) is 6.08 Å². The number of hydrogen-bond donors (Lipinski definition) is 0. The Morgan fingerprint density at radius 3 is 2.53 bits per heavy atom. The number of Topliss-reactive ketones (excluding diaryl/α,β-unsaturated/α-hetero) is 1. The lowest BCUT2D eigenvalue weighted by atomic mass is 10.1. The van der Waals surface area contributed by atoms with Crippen LogP contribution >= 0.6 is 23.2 Å². The first-order valence-corrected chi connectivity index (χ1v) is 4.93. The minimum Gasteiger partial charge on any atom is -0.298 e. The quantitative estimate of drug-likeness (QED) is 0.353. The molecule has 0 heterocycles. The third-order valence-electron chi connectivity index (χ3n) is 1.83. The molecule has 0 bridgehead atoms. The number of carbonyl (C=O) groups excluding carboxylic acids is 2. The molecule has 0 amide bonds. The van der Waals surface area contributed by atoms with Gasteiger partial charge in [-0.2, -0.15) is 0 Å². The molecule has 2 nitrogen and oxygen atoms in total. The van der Waals surface area contributed by atoms with Gasteiger partial charge in [0.25, 0.3) is 0 Å². The summed E-state index contributed by atoms with van der Waals surface area (Å²) in [7, 11) is 0. The van der Waals surface area contributed by atoms with Gasteiger partial charge in [0.1, 0.15) is 0 Å². The Kier molecular flexibility index (Phi) is 4.06. The van der Waals surface area contributed by atoms with E-state index in [4.69, 9.17) is 23.2 Å². The highest BCUT2D eigenvalue weighted by Crippen LogP contribution is 2.27. The highest BCUT2D eigenvalue weighted by atomic mass is 35.5. The Morgan fingerprint density at radius 2 is 2.00 bits per heavy atom. The Hall–Kier alpha value is -1.12. The summed E-state index contributed by atoms with van der Waals surface area (Å²) >= 11 is 11.7. The summed E-state index contributed by atoms with van der Waals surface area (Å²) in [5, 5.41) is 0.721. The molecule has 78 valence electrons. The maximum Gasteiger partial charge on any atom is 0.163 e. The number of hydrogen-bond acceptors (Lipinski definition) is 2. The first-order chi connectivity index (χ1) is 7.06. The number of carbonyl (C=O) groups is 2. The van der Waals surface area contributed by atoms with Crippen LogP contribution < -0.4 is 0 Å². The summed E-state index contributed by atoms with van der Waals surface area (Å²) in [6, 6.07) is 5.01. The first kappa shape index (κ1) is 12.0. The van der Waals surface area contributed by atoms with Gasteiger partial charge in [-0.15, -0.1) is 0 Å². The van der Waals surface area contributed by atoms with E-state index < -0.39 is 0 Å². The zero-order valence-corrected chi connectivity index (χ0v) is 9.47. The lowest BCUT2D eigenvalue weighted by Gasteiger charge is -2.01. The lowest BCUT2D eigenvalue weighted by molar-refractivity contribution is -0.115. The molecule has 0 fully saturated rings. The molecule has 0 atom stereocenters. The second-order valence-electron chi connectivity index (χ2n) is 2.92. The number of benzene rings is 1. The van der Waals surface area contributed by atoms with E-state index >= 15 is 0 Å². The van der Waals surface area contributed by atoms with E-state index in [0.717, 1.165) is 0 Å². The van der Waals surface area contributed by atoms with Gasteiger partial charge >= 0.3 is 0 Å². The molecule has 15 heavy (non-hydrogen) atoms. The molecule has 0 N–H and O–H groups in total. The van der Waals surface area contributed by atoms with E-state index in [1.807, 2.05) is 0 Å². The largest absolute Gasteiger partial charge is 0.298 e. The predicted octanol–water partition coefficient (Wildman–Crippen LogP) is 3.16. The first-order valence-electron chi connectivity index (χ1n) is 4.18. The van der Waals surface area contributed by atoms with Gasteiger partial charge in [-0.1, -0.05) is 35.3 Å². The third-order valence-corrected chi connectivity index (χ3v) is 2.66.